The second-order valence-corrected chi connectivity index (χ2v) is 4.94. The molecule has 17 heavy (non-hydrogen) atoms. The molecular weight excluding hydrogens is 220 g/mol. The maximum Gasteiger partial charge on any atom is 0.337 e. The average molecular weight is 236 g/mol. The van der Waals surface area contributed by atoms with Crippen molar-refractivity contribution < 1.29 is 19.7 Å². The highest BCUT2D eigenvalue weighted by molar-refractivity contribution is 5.75. The van der Waals surface area contributed by atoms with Gasteiger partial charge in [-0.15, -0.1) is 0 Å². The van der Waals surface area contributed by atoms with Crippen LogP contribution in [0.3, 0.4) is 0 Å². The molecule has 1 unspecified atom stereocenters. The van der Waals surface area contributed by atoms with E-state index in [1.54, 1.807) is 12.1 Å². The molecule has 2 rings (SSSR count). The smallest absolute Gasteiger partial charge is 0.337 e. The Morgan fingerprint density at radius 1 is 1.47 bits per heavy atom. The van der Waals surface area contributed by atoms with Gasteiger partial charge in [0.1, 0.15) is 11.4 Å². The minimum Gasteiger partial charge on any atom is -0.487 e. The van der Waals surface area contributed by atoms with Gasteiger partial charge in [0.2, 0.25) is 0 Å². The van der Waals surface area contributed by atoms with E-state index >= 15 is 0 Å². The molecule has 0 saturated heterocycles. The van der Waals surface area contributed by atoms with E-state index in [2.05, 4.69) is 0 Å². The molecule has 1 aromatic rings. The number of fused-ring (bicyclic) bond motifs is 1. The molecule has 92 valence electrons. The quantitative estimate of drug-likeness (QED) is 0.823. The first-order chi connectivity index (χ1) is 7.91. The molecular formula is C13H16O4. The molecule has 1 aromatic carbocycles. The molecule has 4 heteroatoms. The number of aliphatic hydroxyl groups is 1. The maximum absolute atomic E-state index is 10.8. The van der Waals surface area contributed by atoms with E-state index in [1.807, 2.05) is 19.9 Å². The van der Waals surface area contributed by atoms with Gasteiger partial charge in [-0.3, -0.25) is 0 Å². The first-order valence-electron chi connectivity index (χ1n) is 5.62. The third-order valence-corrected chi connectivity index (χ3v) is 3.03. The normalized spacial score (nSPS) is 19.0. The summed E-state index contributed by atoms with van der Waals surface area (Å²) in [5.74, 6) is -0.732. The third kappa shape index (κ3) is 2.26. The van der Waals surface area contributed by atoms with Crippen molar-refractivity contribution in [2.24, 2.45) is 0 Å². The number of carboxylic acids is 1. The Hall–Kier alpha value is -1.55. The molecule has 4 nitrogen and oxygen atoms in total. The fourth-order valence-electron chi connectivity index (χ4n) is 2.04. The zero-order valence-corrected chi connectivity index (χ0v) is 9.93. The number of carboxylic acid groups (broad SMARTS) is 1. The maximum atomic E-state index is 10.8. The Morgan fingerprint density at radius 3 is 2.82 bits per heavy atom. The number of aliphatic carboxylic acids is 1. The molecule has 1 aliphatic rings. The van der Waals surface area contributed by atoms with E-state index in [9.17, 15) is 9.90 Å². The summed E-state index contributed by atoms with van der Waals surface area (Å²) in [6.07, 6.45) is 0.189. The summed E-state index contributed by atoms with van der Waals surface area (Å²) < 4.78 is 5.80. The van der Waals surface area contributed by atoms with Crippen molar-refractivity contribution >= 4 is 5.97 Å². The number of hydrogen-bond acceptors (Lipinski definition) is 3. The summed E-state index contributed by atoms with van der Waals surface area (Å²) in [6, 6.07) is 5.25. The highest BCUT2D eigenvalue weighted by Gasteiger charge is 2.31. The summed E-state index contributed by atoms with van der Waals surface area (Å²) in [6.45, 7) is 3.92. The van der Waals surface area contributed by atoms with Crippen LogP contribution >= 0.6 is 0 Å². The van der Waals surface area contributed by atoms with Crippen LogP contribution < -0.4 is 4.74 Å². The van der Waals surface area contributed by atoms with E-state index in [0.29, 0.717) is 11.3 Å². The lowest BCUT2D eigenvalue weighted by molar-refractivity contribution is -0.147. The van der Waals surface area contributed by atoms with Gasteiger partial charge in [-0.05, 0) is 32.3 Å². The van der Waals surface area contributed by atoms with Crippen molar-refractivity contribution in [2.45, 2.75) is 38.4 Å². The highest BCUT2D eigenvalue weighted by Crippen LogP contribution is 2.38. The van der Waals surface area contributed by atoms with Crippen molar-refractivity contribution in [3.05, 3.63) is 29.3 Å². The first-order valence-corrected chi connectivity index (χ1v) is 5.62. The van der Waals surface area contributed by atoms with Crippen LogP contribution in [0.1, 0.15) is 37.5 Å². The van der Waals surface area contributed by atoms with Crippen LogP contribution in [0.4, 0.5) is 0 Å². The summed E-state index contributed by atoms with van der Waals surface area (Å²) in [5.41, 5.74) is 0.978. The molecule has 0 bridgehead atoms. The van der Waals surface area contributed by atoms with Crippen molar-refractivity contribution in [1.82, 2.24) is 0 Å². The topological polar surface area (TPSA) is 66.8 Å². The minimum atomic E-state index is -1.53. The van der Waals surface area contributed by atoms with Crippen LogP contribution in [0.25, 0.3) is 0 Å². The molecule has 0 amide bonds. The van der Waals surface area contributed by atoms with Crippen molar-refractivity contribution in [2.75, 3.05) is 0 Å². The van der Waals surface area contributed by atoms with Gasteiger partial charge in [-0.25, -0.2) is 4.79 Å². The van der Waals surface area contributed by atoms with Crippen molar-refractivity contribution in [3.63, 3.8) is 0 Å². The molecule has 1 aliphatic heterocycles. The lowest BCUT2D eigenvalue weighted by Gasteiger charge is -2.34. The van der Waals surface area contributed by atoms with Gasteiger partial charge in [0.05, 0.1) is 0 Å². The number of para-hydroxylation sites is 1. The van der Waals surface area contributed by atoms with Gasteiger partial charge in [0, 0.05) is 5.56 Å². The summed E-state index contributed by atoms with van der Waals surface area (Å²) in [5, 5.41) is 18.5. The number of aliphatic hydroxyl groups excluding tert-OH is 1. The molecule has 0 aliphatic carbocycles. The second kappa shape index (κ2) is 4.04. The zero-order valence-electron chi connectivity index (χ0n) is 9.93. The van der Waals surface area contributed by atoms with E-state index in [4.69, 9.17) is 9.84 Å². The SMILES string of the molecule is CC1(C)CCc2cccc(C(O)C(=O)O)c2O1. The predicted octanol–water partition coefficient (Wildman–Crippen LogP) is 1.91. The number of aryl methyl sites for hydroxylation is 1. The largest absolute Gasteiger partial charge is 0.487 e. The molecule has 2 N–H and O–H groups in total. The average Bonchev–Trinajstić information content (AvgIpc) is 2.26. The Morgan fingerprint density at radius 2 is 2.18 bits per heavy atom. The number of ether oxygens (including phenoxy) is 1. The van der Waals surface area contributed by atoms with Crippen molar-refractivity contribution in [3.8, 4) is 5.75 Å². The Kier molecular flexibility index (Phi) is 2.83. The van der Waals surface area contributed by atoms with Crippen LogP contribution in [0.2, 0.25) is 0 Å². The van der Waals surface area contributed by atoms with Gasteiger partial charge in [0.25, 0.3) is 0 Å². The van der Waals surface area contributed by atoms with Crippen LogP contribution in [0.5, 0.6) is 5.75 Å². The predicted molar refractivity (Wildman–Crippen MR) is 62.1 cm³/mol. The Labute approximate surface area is 99.8 Å². The third-order valence-electron chi connectivity index (χ3n) is 3.03. The lowest BCUT2D eigenvalue weighted by atomic mass is 9.91. The zero-order chi connectivity index (χ0) is 12.6. The number of benzene rings is 1. The fraction of sp³-hybridized carbons (Fsp3) is 0.462. The fourth-order valence-corrected chi connectivity index (χ4v) is 2.04. The second-order valence-electron chi connectivity index (χ2n) is 4.94. The lowest BCUT2D eigenvalue weighted by Crippen LogP contribution is -2.33. The molecule has 0 aromatic heterocycles. The highest BCUT2D eigenvalue weighted by atomic mass is 16.5. The summed E-state index contributed by atoms with van der Waals surface area (Å²) in [4.78, 5) is 10.8. The van der Waals surface area contributed by atoms with E-state index < -0.39 is 12.1 Å². The Bertz CT molecular complexity index is 451. The first kappa shape index (κ1) is 11.9. The number of rotatable bonds is 2. The molecule has 0 saturated carbocycles. The van der Waals surface area contributed by atoms with Gasteiger partial charge in [-0.2, -0.15) is 0 Å². The van der Waals surface area contributed by atoms with Gasteiger partial charge in [-0.1, -0.05) is 18.2 Å². The number of hydrogen-bond donors (Lipinski definition) is 2. The van der Waals surface area contributed by atoms with Crippen LogP contribution in [-0.2, 0) is 11.2 Å². The van der Waals surface area contributed by atoms with Crippen LogP contribution in [-0.4, -0.2) is 21.8 Å². The van der Waals surface area contributed by atoms with E-state index in [-0.39, 0.29) is 5.60 Å². The standard InChI is InChI=1S/C13H16O4/c1-13(2)7-6-8-4-3-5-9(11(8)17-13)10(14)12(15)16/h3-5,10,14H,6-7H2,1-2H3,(H,15,16). The van der Waals surface area contributed by atoms with Crippen LogP contribution in [0, 0.1) is 0 Å². The monoisotopic (exact) mass is 236 g/mol. The molecule has 0 spiro atoms. The molecule has 0 fully saturated rings. The summed E-state index contributed by atoms with van der Waals surface area (Å²) >= 11 is 0. The molecule has 0 radical (unpaired) electrons. The van der Waals surface area contributed by atoms with Crippen LogP contribution in [0.15, 0.2) is 18.2 Å². The van der Waals surface area contributed by atoms with E-state index in [1.165, 1.54) is 0 Å². The molecule has 1 atom stereocenters. The Balaban J connectivity index is 2.46. The minimum absolute atomic E-state index is 0.318. The van der Waals surface area contributed by atoms with Crippen molar-refractivity contribution in [1.29, 1.82) is 0 Å². The summed E-state index contributed by atoms with van der Waals surface area (Å²) in [7, 11) is 0. The van der Waals surface area contributed by atoms with E-state index in [0.717, 1.165) is 18.4 Å². The van der Waals surface area contributed by atoms with Gasteiger partial charge in [0.15, 0.2) is 6.10 Å². The number of carbonyl (C=O) groups is 1. The van der Waals surface area contributed by atoms with Gasteiger partial charge >= 0.3 is 5.97 Å². The van der Waals surface area contributed by atoms with Gasteiger partial charge < -0.3 is 14.9 Å². The molecule has 1 heterocycles.